The second-order valence-corrected chi connectivity index (χ2v) is 6.90. The molecule has 6 heteroatoms. The molecule has 0 radical (unpaired) electrons. The molecule has 2 aromatic rings. The van der Waals surface area contributed by atoms with Gasteiger partial charge in [0.2, 0.25) is 10.0 Å². The second kappa shape index (κ2) is 6.32. The highest BCUT2D eigenvalue weighted by atomic mass is 32.2. The molecule has 1 heterocycles. The van der Waals surface area contributed by atoms with E-state index in [1.807, 2.05) is 19.1 Å². The summed E-state index contributed by atoms with van der Waals surface area (Å²) in [6.45, 7) is 5.56. The number of hydrogen-bond donors (Lipinski definition) is 2. The number of anilines is 1. The van der Waals surface area contributed by atoms with Crippen LogP contribution in [0, 0.1) is 0 Å². The van der Waals surface area contributed by atoms with Crippen LogP contribution in [0.5, 0.6) is 0 Å². The maximum atomic E-state index is 12.0. The normalized spacial score (nSPS) is 13.3. The van der Waals surface area contributed by atoms with Crippen molar-refractivity contribution in [3.63, 3.8) is 0 Å². The van der Waals surface area contributed by atoms with Crippen molar-refractivity contribution in [2.24, 2.45) is 0 Å². The first-order valence-corrected chi connectivity index (χ1v) is 8.29. The summed E-state index contributed by atoms with van der Waals surface area (Å²) in [5, 5.41) is 3.25. The molecule has 0 spiro atoms. The highest BCUT2D eigenvalue weighted by Crippen LogP contribution is 2.21. The fraction of sp³-hybridized carbons (Fsp3) is 0.333. The van der Waals surface area contributed by atoms with Gasteiger partial charge in [0.1, 0.15) is 5.76 Å². The maximum absolute atomic E-state index is 12.0. The number of benzene rings is 1. The molecular weight excluding hydrogens is 288 g/mol. The van der Waals surface area contributed by atoms with Crippen LogP contribution in [-0.2, 0) is 10.0 Å². The molecule has 114 valence electrons. The molecule has 0 saturated carbocycles. The zero-order chi connectivity index (χ0) is 15.5. The summed E-state index contributed by atoms with van der Waals surface area (Å²) in [5.74, 6) is 0.827. The van der Waals surface area contributed by atoms with Crippen LogP contribution in [0.15, 0.2) is 52.0 Å². The average molecular weight is 308 g/mol. The van der Waals surface area contributed by atoms with Crippen LogP contribution < -0.4 is 10.0 Å². The standard InChI is InChI=1S/C15H20N2O3S/c1-11(2)17-21(18,19)14-8-6-13(7-9-14)16-12(3)15-5-4-10-20-15/h4-12,16-17H,1-3H3. The molecule has 1 aromatic heterocycles. The van der Waals surface area contributed by atoms with Gasteiger partial charge in [0, 0.05) is 11.7 Å². The molecule has 2 N–H and O–H groups in total. The minimum Gasteiger partial charge on any atom is -0.467 e. The molecule has 0 amide bonds. The lowest BCUT2D eigenvalue weighted by molar-refractivity contribution is 0.490. The van der Waals surface area contributed by atoms with E-state index in [0.717, 1.165) is 11.4 Å². The van der Waals surface area contributed by atoms with Crippen molar-refractivity contribution < 1.29 is 12.8 Å². The SMILES string of the molecule is CC(C)NS(=O)(=O)c1ccc(NC(C)c2ccco2)cc1. The third kappa shape index (κ3) is 4.09. The highest BCUT2D eigenvalue weighted by molar-refractivity contribution is 7.89. The minimum atomic E-state index is -3.44. The summed E-state index contributed by atoms with van der Waals surface area (Å²) in [7, 11) is -3.44. The van der Waals surface area contributed by atoms with Crippen LogP contribution in [0.25, 0.3) is 0 Å². The molecule has 0 aliphatic heterocycles. The van der Waals surface area contributed by atoms with E-state index in [1.54, 1.807) is 44.4 Å². The van der Waals surface area contributed by atoms with Crippen molar-refractivity contribution in [1.29, 1.82) is 0 Å². The van der Waals surface area contributed by atoms with E-state index in [4.69, 9.17) is 4.42 Å². The molecule has 0 fully saturated rings. The van der Waals surface area contributed by atoms with Gasteiger partial charge >= 0.3 is 0 Å². The van der Waals surface area contributed by atoms with Crippen LogP contribution in [-0.4, -0.2) is 14.5 Å². The van der Waals surface area contributed by atoms with E-state index in [2.05, 4.69) is 10.0 Å². The van der Waals surface area contributed by atoms with Crippen molar-refractivity contribution >= 4 is 15.7 Å². The number of rotatable bonds is 6. The number of sulfonamides is 1. The second-order valence-electron chi connectivity index (χ2n) is 5.18. The summed E-state index contributed by atoms with van der Waals surface area (Å²) in [4.78, 5) is 0.257. The molecule has 0 aliphatic carbocycles. The Labute approximate surface area is 125 Å². The highest BCUT2D eigenvalue weighted by Gasteiger charge is 2.15. The Morgan fingerprint density at radius 2 is 1.71 bits per heavy atom. The van der Waals surface area contributed by atoms with Crippen LogP contribution in [0.2, 0.25) is 0 Å². The molecule has 1 atom stereocenters. The average Bonchev–Trinajstić information content (AvgIpc) is 2.91. The fourth-order valence-corrected chi connectivity index (χ4v) is 3.22. The first-order chi connectivity index (χ1) is 9.88. The van der Waals surface area contributed by atoms with Gasteiger partial charge in [0.15, 0.2) is 0 Å². The molecule has 0 aliphatic rings. The van der Waals surface area contributed by atoms with Gasteiger partial charge in [-0.05, 0) is 57.2 Å². The molecular formula is C15H20N2O3S. The third-order valence-corrected chi connectivity index (χ3v) is 4.58. The van der Waals surface area contributed by atoms with Gasteiger partial charge in [-0.25, -0.2) is 13.1 Å². The summed E-state index contributed by atoms with van der Waals surface area (Å²) in [5.41, 5.74) is 0.836. The van der Waals surface area contributed by atoms with Gasteiger partial charge in [-0.1, -0.05) is 0 Å². The van der Waals surface area contributed by atoms with E-state index < -0.39 is 10.0 Å². The monoisotopic (exact) mass is 308 g/mol. The van der Waals surface area contributed by atoms with Gasteiger partial charge in [0.05, 0.1) is 17.2 Å². The van der Waals surface area contributed by atoms with E-state index in [0.29, 0.717) is 0 Å². The minimum absolute atomic E-state index is 0.0104. The predicted octanol–water partition coefficient (Wildman–Crippen LogP) is 3.14. The lowest BCUT2D eigenvalue weighted by Crippen LogP contribution is -2.30. The Morgan fingerprint density at radius 3 is 2.24 bits per heavy atom. The third-order valence-electron chi connectivity index (χ3n) is 2.91. The van der Waals surface area contributed by atoms with Crippen molar-refractivity contribution in [3.05, 3.63) is 48.4 Å². The smallest absolute Gasteiger partial charge is 0.240 e. The van der Waals surface area contributed by atoms with Gasteiger partial charge < -0.3 is 9.73 Å². The molecule has 1 aromatic carbocycles. The van der Waals surface area contributed by atoms with E-state index >= 15 is 0 Å². The van der Waals surface area contributed by atoms with Crippen molar-refractivity contribution in [2.45, 2.75) is 37.8 Å². The zero-order valence-electron chi connectivity index (χ0n) is 12.3. The Balaban J connectivity index is 2.09. The Kier molecular flexibility index (Phi) is 4.69. The lowest BCUT2D eigenvalue weighted by Gasteiger charge is -2.14. The topological polar surface area (TPSA) is 71.3 Å². The number of furan rings is 1. The van der Waals surface area contributed by atoms with Crippen LogP contribution in [0.4, 0.5) is 5.69 Å². The Morgan fingerprint density at radius 1 is 1.05 bits per heavy atom. The first kappa shape index (κ1) is 15.6. The summed E-state index contributed by atoms with van der Waals surface area (Å²) in [6, 6.07) is 10.3. The lowest BCUT2D eigenvalue weighted by atomic mass is 10.2. The molecule has 21 heavy (non-hydrogen) atoms. The Hall–Kier alpha value is -1.79. The van der Waals surface area contributed by atoms with Crippen LogP contribution in [0.1, 0.15) is 32.6 Å². The van der Waals surface area contributed by atoms with Gasteiger partial charge in [0.25, 0.3) is 0 Å². The van der Waals surface area contributed by atoms with E-state index in [-0.39, 0.29) is 17.0 Å². The number of hydrogen-bond acceptors (Lipinski definition) is 4. The van der Waals surface area contributed by atoms with Gasteiger partial charge in [-0.2, -0.15) is 0 Å². The van der Waals surface area contributed by atoms with Crippen molar-refractivity contribution in [3.8, 4) is 0 Å². The molecule has 2 rings (SSSR count). The summed E-state index contributed by atoms with van der Waals surface area (Å²) >= 11 is 0. The molecule has 0 saturated heterocycles. The first-order valence-electron chi connectivity index (χ1n) is 6.81. The zero-order valence-corrected chi connectivity index (χ0v) is 13.1. The van der Waals surface area contributed by atoms with Gasteiger partial charge in [-0.3, -0.25) is 0 Å². The van der Waals surface area contributed by atoms with Gasteiger partial charge in [-0.15, -0.1) is 0 Å². The number of nitrogens with one attached hydrogen (secondary N) is 2. The van der Waals surface area contributed by atoms with Crippen molar-refractivity contribution in [2.75, 3.05) is 5.32 Å². The molecule has 0 bridgehead atoms. The fourth-order valence-electron chi connectivity index (χ4n) is 1.97. The molecule has 1 unspecified atom stereocenters. The van der Waals surface area contributed by atoms with Crippen molar-refractivity contribution in [1.82, 2.24) is 4.72 Å². The Bertz CT molecular complexity index is 661. The predicted molar refractivity (Wildman–Crippen MR) is 82.6 cm³/mol. The largest absolute Gasteiger partial charge is 0.467 e. The van der Waals surface area contributed by atoms with E-state index in [1.165, 1.54) is 0 Å². The quantitative estimate of drug-likeness (QED) is 0.860. The maximum Gasteiger partial charge on any atom is 0.240 e. The summed E-state index contributed by atoms with van der Waals surface area (Å²) in [6.07, 6.45) is 1.63. The van der Waals surface area contributed by atoms with Crippen LogP contribution >= 0.6 is 0 Å². The van der Waals surface area contributed by atoms with E-state index in [9.17, 15) is 8.42 Å². The van der Waals surface area contributed by atoms with Crippen LogP contribution in [0.3, 0.4) is 0 Å². The summed E-state index contributed by atoms with van der Waals surface area (Å²) < 4.78 is 31.9. The molecule has 5 nitrogen and oxygen atoms in total.